The number of hydrogen-bond acceptors (Lipinski definition) is 1. The summed E-state index contributed by atoms with van der Waals surface area (Å²) in [6, 6.07) is 8.71. The maximum Gasteiger partial charge on any atom is 0.115 e. The summed E-state index contributed by atoms with van der Waals surface area (Å²) in [5, 5.41) is 8.63. The quantitative estimate of drug-likeness (QED) is 0.596. The molecule has 0 heterocycles. The molecule has 0 saturated carbocycles. The Morgan fingerprint density at radius 1 is 0.529 bits per heavy atom. The van der Waals surface area contributed by atoms with Crippen LogP contribution in [0.2, 0.25) is 0 Å². The van der Waals surface area contributed by atoms with E-state index in [9.17, 15) is 0 Å². The first-order chi connectivity index (χ1) is 8.39. The van der Waals surface area contributed by atoms with Gasteiger partial charge in [0.1, 0.15) is 5.75 Å². The van der Waals surface area contributed by atoms with Crippen LogP contribution in [0.4, 0.5) is 0 Å². The normalized spacial score (nSPS) is 4.71. The van der Waals surface area contributed by atoms with Crippen LogP contribution in [0.3, 0.4) is 0 Å². The van der Waals surface area contributed by atoms with Crippen LogP contribution in [0.15, 0.2) is 96.1 Å². The first-order valence-electron chi connectivity index (χ1n) is 4.63. The zero-order chi connectivity index (χ0) is 15.1. The highest BCUT2D eigenvalue weighted by atomic mass is 16.3. The van der Waals surface area contributed by atoms with E-state index in [1.54, 1.807) is 24.3 Å². The second-order valence-electron chi connectivity index (χ2n) is 1.34. The molecule has 0 spiro atoms. The molecule has 0 radical (unpaired) electrons. The topological polar surface area (TPSA) is 20.2 Å². The van der Waals surface area contributed by atoms with Crippen LogP contribution >= 0.6 is 0 Å². The molecule has 0 saturated heterocycles. The lowest BCUT2D eigenvalue weighted by atomic mass is 10.3. The third-order valence-corrected chi connectivity index (χ3v) is 0.756. The van der Waals surface area contributed by atoms with Gasteiger partial charge in [-0.05, 0) is 12.1 Å². The van der Waals surface area contributed by atoms with E-state index >= 15 is 0 Å². The third kappa shape index (κ3) is 57.6. The first kappa shape index (κ1) is 29.3. The molecule has 0 unspecified atom stereocenters. The van der Waals surface area contributed by atoms with Gasteiger partial charge in [0, 0.05) is 0 Å². The van der Waals surface area contributed by atoms with E-state index in [-0.39, 0.29) is 0 Å². The fourth-order valence-electron chi connectivity index (χ4n) is 0.428. The van der Waals surface area contributed by atoms with Gasteiger partial charge >= 0.3 is 0 Å². The zero-order valence-corrected chi connectivity index (χ0v) is 10.9. The molecule has 1 rings (SSSR count). The largest absolute Gasteiger partial charge is 0.508 e. The molecule has 0 fully saturated rings. The summed E-state index contributed by atoms with van der Waals surface area (Å²) < 4.78 is 0. The standard InChI is InChI=1S/C6H6O.5C2H4/c7-6-4-2-1-3-5-6;5*1-2/h1-5,7H;5*1-2H2. The minimum Gasteiger partial charge on any atom is -0.508 e. The molecule has 1 heteroatoms. The molecule has 1 nitrogen and oxygen atoms in total. The molecule has 1 aromatic carbocycles. The lowest BCUT2D eigenvalue weighted by molar-refractivity contribution is 0.475. The summed E-state index contributed by atoms with van der Waals surface area (Å²) in [5.74, 6) is 0.322. The van der Waals surface area contributed by atoms with Gasteiger partial charge in [-0.3, -0.25) is 0 Å². The predicted octanol–water partition coefficient (Wildman–Crippen LogP) is 5.40. The van der Waals surface area contributed by atoms with Crippen molar-refractivity contribution in [2.75, 3.05) is 0 Å². The molecule has 0 aromatic heterocycles. The van der Waals surface area contributed by atoms with Gasteiger partial charge in [-0.15, -0.1) is 65.8 Å². The highest BCUT2D eigenvalue weighted by Gasteiger charge is 1.74. The van der Waals surface area contributed by atoms with Gasteiger partial charge in [0.05, 0.1) is 0 Å². The van der Waals surface area contributed by atoms with Crippen molar-refractivity contribution in [3.8, 4) is 5.75 Å². The number of phenols is 1. The number of aromatic hydroxyl groups is 1. The Kier molecular flexibility index (Phi) is 117. The molecule has 0 aliphatic carbocycles. The number of rotatable bonds is 0. The number of phenolic OH excluding ortho intramolecular Hbond substituents is 1. The highest BCUT2D eigenvalue weighted by Crippen LogP contribution is 2.02. The summed E-state index contributed by atoms with van der Waals surface area (Å²) in [5.41, 5.74) is 0. The Morgan fingerprint density at radius 3 is 0.882 bits per heavy atom. The van der Waals surface area contributed by atoms with Crippen LogP contribution in [-0.4, -0.2) is 5.11 Å². The fraction of sp³-hybridized carbons (Fsp3) is 0. The summed E-state index contributed by atoms with van der Waals surface area (Å²) >= 11 is 0. The van der Waals surface area contributed by atoms with Gasteiger partial charge in [0.2, 0.25) is 0 Å². The van der Waals surface area contributed by atoms with Crippen LogP contribution in [0.1, 0.15) is 0 Å². The van der Waals surface area contributed by atoms with Gasteiger partial charge in [-0.1, -0.05) is 18.2 Å². The van der Waals surface area contributed by atoms with Crippen molar-refractivity contribution >= 4 is 0 Å². The van der Waals surface area contributed by atoms with E-state index in [1.165, 1.54) is 0 Å². The second kappa shape index (κ2) is 67.8. The van der Waals surface area contributed by atoms with E-state index < -0.39 is 0 Å². The molecular weight excluding hydrogens is 208 g/mol. The Labute approximate surface area is 107 Å². The molecule has 96 valence electrons. The lowest BCUT2D eigenvalue weighted by Gasteiger charge is -1.82. The second-order valence-corrected chi connectivity index (χ2v) is 1.34. The van der Waals surface area contributed by atoms with Crippen molar-refractivity contribution in [2.45, 2.75) is 0 Å². The van der Waals surface area contributed by atoms with E-state index in [4.69, 9.17) is 5.11 Å². The van der Waals surface area contributed by atoms with Crippen LogP contribution in [0.5, 0.6) is 5.75 Å². The van der Waals surface area contributed by atoms with Crippen molar-refractivity contribution in [3.05, 3.63) is 96.1 Å². The highest BCUT2D eigenvalue weighted by molar-refractivity contribution is 5.18. The van der Waals surface area contributed by atoms with E-state index in [1.807, 2.05) is 6.07 Å². The van der Waals surface area contributed by atoms with Crippen molar-refractivity contribution < 1.29 is 5.11 Å². The Hall–Kier alpha value is -2.28. The lowest BCUT2D eigenvalue weighted by Crippen LogP contribution is -1.56. The van der Waals surface area contributed by atoms with E-state index in [2.05, 4.69) is 65.8 Å². The maximum absolute atomic E-state index is 8.63. The van der Waals surface area contributed by atoms with Crippen LogP contribution < -0.4 is 0 Å². The summed E-state index contributed by atoms with van der Waals surface area (Å²) in [6.45, 7) is 30.0. The monoisotopic (exact) mass is 234 g/mol. The SMILES string of the molecule is C=C.C=C.C=C.C=C.C=C.Oc1ccccc1. The number of para-hydroxylation sites is 1. The minimum absolute atomic E-state index is 0.322. The van der Waals surface area contributed by atoms with Gasteiger partial charge in [0.15, 0.2) is 0 Å². The van der Waals surface area contributed by atoms with E-state index in [0.717, 1.165) is 0 Å². The zero-order valence-electron chi connectivity index (χ0n) is 10.9. The number of benzene rings is 1. The molecule has 1 aromatic rings. The molecular formula is C16H26O. The maximum atomic E-state index is 8.63. The fourth-order valence-corrected chi connectivity index (χ4v) is 0.428. The Morgan fingerprint density at radius 2 is 0.765 bits per heavy atom. The molecule has 17 heavy (non-hydrogen) atoms. The van der Waals surface area contributed by atoms with Crippen LogP contribution in [0, 0.1) is 0 Å². The average molecular weight is 234 g/mol. The summed E-state index contributed by atoms with van der Waals surface area (Å²) in [4.78, 5) is 0. The summed E-state index contributed by atoms with van der Waals surface area (Å²) in [6.07, 6.45) is 0. The molecule has 0 amide bonds. The van der Waals surface area contributed by atoms with Gasteiger partial charge in [-0.2, -0.15) is 0 Å². The number of hydrogen-bond donors (Lipinski definition) is 1. The van der Waals surface area contributed by atoms with Crippen LogP contribution in [-0.2, 0) is 0 Å². The Bertz CT molecular complexity index is 182. The van der Waals surface area contributed by atoms with Crippen molar-refractivity contribution in [2.24, 2.45) is 0 Å². The first-order valence-corrected chi connectivity index (χ1v) is 4.63. The summed E-state index contributed by atoms with van der Waals surface area (Å²) in [7, 11) is 0. The minimum atomic E-state index is 0.322. The van der Waals surface area contributed by atoms with Crippen molar-refractivity contribution in [1.29, 1.82) is 0 Å². The smallest absolute Gasteiger partial charge is 0.115 e. The molecule has 1 N–H and O–H groups in total. The van der Waals surface area contributed by atoms with Crippen LogP contribution in [0.25, 0.3) is 0 Å². The molecule has 0 bridgehead atoms. The molecule has 0 aliphatic heterocycles. The third-order valence-electron chi connectivity index (χ3n) is 0.756. The van der Waals surface area contributed by atoms with Gasteiger partial charge in [-0.25, -0.2) is 0 Å². The van der Waals surface area contributed by atoms with Gasteiger partial charge in [0.25, 0.3) is 0 Å². The van der Waals surface area contributed by atoms with Crippen molar-refractivity contribution in [1.82, 2.24) is 0 Å². The van der Waals surface area contributed by atoms with Crippen molar-refractivity contribution in [3.63, 3.8) is 0 Å². The van der Waals surface area contributed by atoms with E-state index in [0.29, 0.717) is 5.75 Å². The molecule has 0 aliphatic rings. The predicted molar refractivity (Wildman–Crippen MR) is 84.4 cm³/mol. The molecule has 0 atom stereocenters. The average Bonchev–Trinajstić information content (AvgIpc) is 2.50. The van der Waals surface area contributed by atoms with Gasteiger partial charge < -0.3 is 5.11 Å². The Balaban J connectivity index is -0.0000000413.